The predicted molar refractivity (Wildman–Crippen MR) is 108 cm³/mol. The van der Waals surface area contributed by atoms with Gasteiger partial charge in [0.25, 0.3) is 0 Å². The summed E-state index contributed by atoms with van der Waals surface area (Å²) in [5.41, 5.74) is 0. The molecule has 1 heterocycles. The number of rotatable bonds is 11. The Kier molecular flexibility index (Phi) is 10.8. The summed E-state index contributed by atoms with van der Waals surface area (Å²) in [5.74, 6) is 1.52. The molecule has 0 fully saturated rings. The van der Waals surface area contributed by atoms with Gasteiger partial charge in [-0.15, -0.1) is 11.3 Å². The van der Waals surface area contributed by atoms with Crippen molar-refractivity contribution in [3.8, 4) is 0 Å². The summed E-state index contributed by atoms with van der Waals surface area (Å²) in [6, 6.07) is 4.78. The lowest BCUT2D eigenvalue weighted by molar-refractivity contribution is 0.292. The molecule has 24 heavy (non-hydrogen) atoms. The topological polar surface area (TPSA) is 39.7 Å². The van der Waals surface area contributed by atoms with Gasteiger partial charge in [0.15, 0.2) is 5.96 Å². The third-order valence-electron chi connectivity index (χ3n) is 4.36. The minimum Gasteiger partial charge on any atom is -0.356 e. The van der Waals surface area contributed by atoms with Crippen molar-refractivity contribution in [2.45, 2.75) is 53.0 Å². The van der Waals surface area contributed by atoms with E-state index in [0.717, 1.165) is 32.0 Å². The van der Waals surface area contributed by atoms with E-state index in [1.54, 1.807) is 0 Å². The molecule has 0 aliphatic rings. The second kappa shape index (κ2) is 12.3. The second-order valence-electron chi connectivity index (χ2n) is 6.56. The second-order valence-corrected chi connectivity index (χ2v) is 7.59. The van der Waals surface area contributed by atoms with Crippen molar-refractivity contribution in [1.29, 1.82) is 0 Å². The van der Waals surface area contributed by atoms with E-state index in [1.807, 2.05) is 18.4 Å². The lowest BCUT2D eigenvalue weighted by Gasteiger charge is -2.22. The molecule has 0 aliphatic heterocycles. The highest BCUT2D eigenvalue weighted by Gasteiger charge is 2.09. The molecule has 0 aliphatic carbocycles. The number of nitrogens with zero attached hydrogens (tertiary/aromatic N) is 2. The number of hydrogen-bond acceptors (Lipinski definition) is 3. The highest BCUT2D eigenvalue weighted by atomic mass is 32.1. The Morgan fingerprint density at radius 2 is 2.04 bits per heavy atom. The summed E-state index contributed by atoms with van der Waals surface area (Å²) in [6.45, 7) is 13.4. The molecule has 0 amide bonds. The van der Waals surface area contributed by atoms with Gasteiger partial charge in [-0.25, -0.2) is 0 Å². The molecule has 0 radical (unpaired) electrons. The first-order chi connectivity index (χ1) is 11.6. The summed E-state index contributed by atoms with van der Waals surface area (Å²) in [4.78, 5) is 8.29. The molecule has 2 unspecified atom stereocenters. The fourth-order valence-electron chi connectivity index (χ4n) is 2.78. The Hall–Kier alpha value is -1.07. The van der Waals surface area contributed by atoms with Gasteiger partial charge in [-0.1, -0.05) is 26.8 Å². The van der Waals surface area contributed by atoms with Crippen LogP contribution < -0.4 is 10.6 Å². The zero-order valence-electron chi connectivity index (χ0n) is 16.1. The van der Waals surface area contributed by atoms with Crippen LogP contribution >= 0.6 is 11.3 Å². The summed E-state index contributed by atoms with van der Waals surface area (Å²) in [6.07, 6.45) is 3.52. The maximum Gasteiger partial charge on any atom is 0.191 e. The molecule has 0 spiro atoms. The number of aliphatic imine (C=N–C) groups is 1. The Balaban J connectivity index is 2.23. The van der Waals surface area contributed by atoms with Crippen LogP contribution in [0.2, 0.25) is 0 Å². The van der Waals surface area contributed by atoms with E-state index in [0.29, 0.717) is 12.0 Å². The Morgan fingerprint density at radius 3 is 2.62 bits per heavy atom. The molecule has 5 heteroatoms. The van der Waals surface area contributed by atoms with E-state index in [2.05, 4.69) is 65.7 Å². The van der Waals surface area contributed by atoms with Crippen molar-refractivity contribution in [2.75, 3.05) is 33.2 Å². The van der Waals surface area contributed by atoms with E-state index in [1.165, 1.54) is 24.3 Å². The molecule has 1 aromatic rings. The van der Waals surface area contributed by atoms with E-state index in [-0.39, 0.29) is 0 Å². The van der Waals surface area contributed by atoms with Crippen LogP contribution in [0.3, 0.4) is 0 Å². The fraction of sp³-hybridized carbons (Fsp3) is 0.737. The highest BCUT2D eigenvalue weighted by Crippen LogP contribution is 2.13. The van der Waals surface area contributed by atoms with Crippen LogP contribution in [-0.4, -0.2) is 50.1 Å². The van der Waals surface area contributed by atoms with Crippen LogP contribution in [0.15, 0.2) is 22.5 Å². The maximum atomic E-state index is 4.36. The standard InChI is InChI=1S/C19H36N4S/c1-6-23(7-2)12-8-10-17(4)22-19(20-5)21-15-16(3)14-18-11-9-13-24-18/h9,11,13,16-17H,6-8,10,12,14-15H2,1-5H3,(H2,20,21,22). The van der Waals surface area contributed by atoms with Crippen molar-refractivity contribution in [3.05, 3.63) is 22.4 Å². The smallest absolute Gasteiger partial charge is 0.191 e. The first-order valence-corrected chi connectivity index (χ1v) is 10.2. The number of thiophene rings is 1. The van der Waals surface area contributed by atoms with Gasteiger partial charge in [0.2, 0.25) is 0 Å². The van der Waals surface area contributed by atoms with Crippen LogP contribution in [-0.2, 0) is 6.42 Å². The van der Waals surface area contributed by atoms with Gasteiger partial charge in [0.1, 0.15) is 0 Å². The van der Waals surface area contributed by atoms with Gasteiger partial charge in [-0.3, -0.25) is 4.99 Å². The summed E-state index contributed by atoms with van der Waals surface area (Å²) >= 11 is 1.84. The zero-order valence-corrected chi connectivity index (χ0v) is 17.0. The predicted octanol–water partition coefficient (Wildman–Crippen LogP) is 3.60. The Labute approximate surface area is 152 Å². The molecule has 1 aromatic heterocycles. The van der Waals surface area contributed by atoms with Crippen LogP contribution in [0.5, 0.6) is 0 Å². The van der Waals surface area contributed by atoms with Gasteiger partial charge in [-0.2, -0.15) is 0 Å². The summed E-state index contributed by atoms with van der Waals surface area (Å²) in [7, 11) is 1.85. The fourth-order valence-corrected chi connectivity index (χ4v) is 3.65. The van der Waals surface area contributed by atoms with Gasteiger partial charge >= 0.3 is 0 Å². The molecule has 0 saturated carbocycles. The molecule has 2 atom stereocenters. The third kappa shape index (κ3) is 8.69. The van der Waals surface area contributed by atoms with Gasteiger partial charge in [-0.05, 0) is 63.2 Å². The van der Waals surface area contributed by atoms with Gasteiger partial charge < -0.3 is 15.5 Å². The number of nitrogens with one attached hydrogen (secondary N) is 2. The monoisotopic (exact) mass is 352 g/mol. The van der Waals surface area contributed by atoms with E-state index in [9.17, 15) is 0 Å². The molecule has 0 aromatic carbocycles. The molecule has 1 rings (SSSR count). The van der Waals surface area contributed by atoms with E-state index >= 15 is 0 Å². The van der Waals surface area contributed by atoms with E-state index in [4.69, 9.17) is 0 Å². The summed E-state index contributed by atoms with van der Waals surface area (Å²) in [5, 5.41) is 9.13. The molecule has 138 valence electrons. The van der Waals surface area contributed by atoms with Gasteiger partial charge in [0, 0.05) is 24.5 Å². The average molecular weight is 353 g/mol. The maximum absolute atomic E-state index is 4.36. The van der Waals surface area contributed by atoms with Crippen LogP contribution in [0.25, 0.3) is 0 Å². The lowest BCUT2D eigenvalue weighted by Crippen LogP contribution is -2.44. The third-order valence-corrected chi connectivity index (χ3v) is 5.26. The minimum absolute atomic E-state index is 0.444. The van der Waals surface area contributed by atoms with Crippen molar-refractivity contribution in [3.63, 3.8) is 0 Å². The van der Waals surface area contributed by atoms with E-state index < -0.39 is 0 Å². The number of guanidine groups is 1. The van der Waals surface area contributed by atoms with Crippen molar-refractivity contribution in [2.24, 2.45) is 10.9 Å². The highest BCUT2D eigenvalue weighted by molar-refractivity contribution is 7.09. The zero-order chi connectivity index (χ0) is 17.8. The Bertz CT molecular complexity index is 440. The SMILES string of the molecule is CCN(CC)CCCC(C)NC(=NC)NCC(C)Cc1cccs1. The molecule has 0 bridgehead atoms. The van der Waals surface area contributed by atoms with Crippen LogP contribution in [0.4, 0.5) is 0 Å². The largest absolute Gasteiger partial charge is 0.356 e. The summed E-state index contributed by atoms with van der Waals surface area (Å²) < 4.78 is 0. The van der Waals surface area contributed by atoms with Crippen LogP contribution in [0.1, 0.15) is 45.4 Å². The average Bonchev–Trinajstić information content (AvgIpc) is 3.08. The van der Waals surface area contributed by atoms with Crippen molar-refractivity contribution in [1.82, 2.24) is 15.5 Å². The lowest BCUT2D eigenvalue weighted by atomic mass is 10.1. The Morgan fingerprint density at radius 1 is 1.29 bits per heavy atom. The molecule has 4 nitrogen and oxygen atoms in total. The molecule has 0 saturated heterocycles. The van der Waals surface area contributed by atoms with Gasteiger partial charge in [0.05, 0.1) is 0 Å². The molecular formula is C19H36N4S. The molecule has 2 N–H and O–H groups in total. The normalized spacial score (nSPS) is 14.7. The van der Waals surface area contributed by atoms with Crippen molar-refractivity contribution < 1.29 is 0 Å². The van der Waals surface area contributed by atoms with Crippen molar-refractivity contribution >= 4 is 17.3 Å². The molecular weight excluding hydrogens is 316 g/mol. The number of hydrogen-bond donors (Lipinski definition) is 2. The van der Waals surface area contributed by atoms with Crippen LogP contribution in [0, 0.1) is 5.92 Å². The quantitative estimate of drug-likeness (QED) is 0.472. The first-order valence-electron chi connectivity index (χ1n) is 9.30. The minimum atomic E-state index is 0.444. The first kappa shape index (κ1) is 21.0.